The van der Waals surface area contributed by atoms with Crippen molar-refractivity contribution in [3.63, 3.8) is 0 Å². The molecule has 1 unspecified atom stereocenters. The van der Waals surface area contributed by atoms with E-state index in [1.165, 1.54) is 11.6 Å². The van der Waals surface area contributed by atoms with E-state index in [-0.39, 0.29) is 16.9 Å². The minimum absolute atomic E-state index is 0.157. The summed E-state index contributed by atoms with van der Waals surface area (Å²) in [5.41, 5.74) is 2.07. The van der Waals surface area contributed by atoms with Crippen molar-refractivity contribution in [3.05, 3.63) is 68.9 Å². The average molecular weight is 343 g/mol. The van der Waals surface area contributed by atoms with E-state index in [1.54, 1.807) is 6.07 Å². The van der Waals surface area contributed by atoms with Crippen molar-refractivity contribution in [2.75, 3.05) is 0 Å². The minimum Gasteiger partial charge on any atom is -0.306 e. The van der Waals surface area contributed by atoms with E-state index in [0.29, 0.717) is 6.54 Å². The molecule has 1 atom stereocenters. The summed E-state index contributed by atoms with van der Waals surface area (Å²) in [6.07, 6.45) is 0. The zero-order valence-electron chi connectivity index (χ0n) is 10.5. The number of hydrogen-bond donors (Lipinski definition) is 1. The summed E-state index contributed by atoms with van der Waals surface area (Å²) in [7, 11) is 0. The predicted octanol–water partition coefficient (Wildman–Crippen LogP) is 5.09. The summed E-state index contributed by atoms with van der Waals surface area (Å²) in [6.45, 7) is 2.68. The highest BCUT2D eigenvalue weighted by Crippen LogP contribution is 2.18. The van der Waals surface area contributed by atoms with Gasteiger partial charge in [-0.2, -0.15) is 0 Å². The first-order chi connectivity index (χ1) is 9.06. The summed E-state index contributed by atoms with van der Waals surface area (Å²) in [4.78, 5) is 0. The summed E-state index contributed by atoms with van der Waals surface area (Å²) in [5.74, 6) is -0.378. The SMILES string of the molecule is CC(NCc1ccc(Cl)c(F)c1)c1ccc(Br)cc1. The lowest BCUT2D eigenvalue weighted by Gasteiger charge is -2.14. The maximum atomic E-state index is 13.3. The maximum Gasteiger partial charge on any atom is 0.142 e. The van der Waals surface area contributed by atoms with Crippen LogP contribution in [0.25, 0.3) is 0 Å². The summed E-state index contributed by atoms with van der Waals surface area (Å²) in [5, 5.41) is 3.51. The van der Waals surface area contributed by atoms with Crippen molar-refractivity contribution >= 4 is 27.5 Å². The molecule has 0 heterocycles. The third-order valence-electron chi connectivity index (χ3n) is 2.97. The van der Waals surface area contributed by atoms with E-state index >= 15 is 0 Å². The molecule has 0 spiro atoms. The standard InChI is InChI=1S/C15H14BrClFN/c1-10(12-3-5-13(16)6-4-12)19-9-11-2-7-14(17)15(18)8-11/h2-8,10,19H,9H2,1H3. The van der Waals surface area contributed by atoms with Gasteiger partial charge in [0.1, 0.15) is 5.82 Å². The molecule has 0 amide bonds. The Morgan fingerprint density at radius 3 is 2.53 bits per heavy atom. The van der Waals surface area contributed by atoms with Crippen molar-refractivity contribution in [2.24, 2.45) is 0 Å². The second-order valence-corrected chi connectivity index (χ2v) is 5.73. The molecule has 0 aromatic heterocycles. The molecular formula is C15H14BrClFN. The van der Waals surface area contributed by atoms with Gasteiger partial charge in [-0.3, -0.25) is 0 Å². The van der Waals surface area contributed by atoms with Crippen LogP contribution in [0, 0.1) is 5.82 Å². The van der Waals surface area contributed by atoms with Gasteiger partial charge in [-0.05, 0) is 42.3 Å². The largest absolute Gasteiger partial charge is 0.306 e. The Kier molecular flexibility index (Phi) is 4.97. The Morgan fingerprint density at radius 1 is 1.21 bits per heavy atom. The smallest absolute Gasteiger partial charge is 0.142 e. The second-order valence-electron chi connectivity index (χ2n) is 4.40. The van der Waals surface area contributed by atoms with Crippen molar-refractivity contribution in [3.8, 4) is 0 Å². The number of hydrogen-bond acceptors (Lipinski definition) is 1. The van der Waals surface area contributed by atoms with E-state index in [1.807, 2.05) is 18.2 Å². The lowest BCUT2D eigenvalue weighted by atomic mass is 10.1. The molecular weight excluding hydrogens is 329 g/mol. The molecule has 0 aliphatic rings. The molecule has 0 saturated carbocycles. The van der Waals surface area contributed by atoms with Crippen LogP contribution in [0.1, 0.15) is 24.1 Å². The highest BCUT2D eigenvalue weighted by Gasteiger charge is 2.06. The van der Waals surface area contributed by atoms with Crippen LogP contribution < -0.4 is 5.32 Å². The van der Waals surface area contributed by atoms with Gasteiger partial charge in [-0.15, -0.1) is 0 Å². The monoisotopic (exact) mass is 341 g/mol. The Balaban J connectivity index is 1.98. The number of nitrogens with one attached hydrogen (secondary N) is 1. The molecule has 4 heteroatoms. The third-order valence-corrected chi connectivity index (χ3v) is 3.80. The number of benzene rings is 2. The average Bonchev–Trinajstić information content (AvgIpc) is 2.40. The fourth-order valence-corrected chi connectivity index (χ4v) is 2.17. The van der Waals surface area contributed by atoms with Crippen LogP contribution in [-0.4, -0.2) is 0 Å². The predicted molar refractivity (Wildman–Crippen MR) is 80.8 cm³/mol. The van der Waals surface area contributed by atoms with E-state index in [9.17, 15) is 4.39 Å². The fourth-order valence-electron chi connectivity index (χ4n) is 1.79. The second kappa shape index (κ2) is 6.51. The van der Waals surface area contributed by atoms with E-state index < -0.39 is 0 Å². The Bertz CT molecular complexity index is 557. The van der Waals surface area contributed by atoms with Gasteiger partial charge in [0.15, 0.2) is 0 Å². The minimum atomic E-state index is -0.378. The van der Waals surface area contributed by atoms with E-state index in [4.69, 9.17) is 11.6 Å². The fraction of sp³-hybridized carbons (Fsp3) is 0.200. The number of halogens is 3. The zero-order valence-corrected chi connectivity index (χ0v) is 12.8. The summed E-state index contributed by atoms with van der Waals surface area (Å²) < 4.78 is 14.4. The summed E-state index contributed by atoms with van der Waals surface area (Å²) in [6, 6.07) is 13.2. The Labute approximate surface area is 125 Å². The van der Waals surface area contributed by atoms with E-state index in [0.717, 1.165) is 10.0 Å². The van der Waals surface area contributed by atoms with Crippen LogP contribution in [0.3, 0.4) is 0 Å². The van der Waals surface area contributed by atoms with Crippen LogP contribution >= 0.6 is 27.5 Å². The molecule has 2 aromatic carbocycles. The van der Waals surface area contributed by atoms with Gasteiger partial charge in [-0.25, -0.2) is 4.39 Å². The topological polar surface area (TPSA) is 12.0 Å². The van der Waals surface area contributed by atoms with Gasteiger partial charge < -0.3 is 5.32 Å². The van der Waals surface area contributed by atoms with Crippen molar-refractivity contribution in [1.29, 1.82) is 0 Å². The quantitative estimate of drug-likeness (QED) is 0.816. The third kappa shape index (κ3) is 4.03. The molecule has 0 aliphatic carbocycles. The van der Waals surface area contributed by atoms with Crippen LogP contribution in [0.2, 0.25) is 5.02 Å². The van der Waals surface area contributed by atoms with Crippen LogP contribution in [0.5, 0.6) is 0 Å². The molecule has 0 fully saturated rings. The Hall–Kier alpha value is -0.900. The molecule has 0 bridgehead atoms. The first-order valence-electron chi connectivity index (χ1n) is 5.99. The molecule has 1 N–H and O–H groups in total. The molecule has 1 nitrogen and oxygen atoms in total. The molecule has 2 aromatic rings. The lowest BCUT2D eigenvalue weighted by Crippen LogP contribution is -2.18. The normalized spacial score (nSPS) is 12.4. The van der Waals surface area contributed by atoms with E-state index in [2.05, 4.69) is 40.3 Å². The van der Waals surface area contributed by atoms with Gasteiger partial charge >= 0.3 is 0 Å². The highest BCUT2D eigenvalue weighted by atomic mass is 79.9. The molecule has 0 radical (unpaired) electrons. The van der Waals surface area contributed by atoms with Gasteiger partial charge in [0.25, 0.3) is 0 Å². The maximum absolute atomic E-state index is 13.3. The number of rotatable bonds is 4. The van der Waals surface area contributed by atoms with Gasteiger partial charge in [-0.1, -0.05) is 45.7 Å². The van der Waals surface area contributed by atoms with Crippen LogP contribution in [0.15, 0.2) is 46.9 Å². The van der Waals surface area contributed by atoms with Crippen molar-refractivity contribution in [2.45, 2.75) is 19.5 Å². The van der Waals surface area contributed by atoms with Gasteiger partial charge in [0.05, 0.1) is 5.02 Å². The zero-order chi connectivity index (χ0) is 13.8. The molecule has 0 aliphatic heterocycles. The van der Waals surface area contributed by atoms with Crippen LogP contribution in [0.4, 0.5) is 4.39 Å². The molecule has 19 heavy (non-hydrogen) atoms. The molecule has 100 valence electrons. The highest BCUT2D eigenvalue weighted by molar-refractivity contribution is 9.10. The van der Waals surface area contributed by atoms with Gasteiger partial charge in [0, 0.05) is 17.1 Å². The lowest BCUT2D eigenvalue weighted by molar-refractivity contribution is 0.569. The first kappa shape index (κ1) is 14.5. The Morgan fingerprint density at radius 2 is 1.89 bits per heavy atom. The molecule has 2 rings (SSSR count). The van der Waals surface area contributed by atoms with Crippen molar-refractivity contribution < 1.29 is 4.39 Å². The van der Waals surface area contributed by atoms with Crippen molar-refractivity contribution in [1.82, 2.24) is 5.32 Å². The van der Waals surface area contributed by atoms with Gasteiger partial charge in [0.2, 0.25) is 0 Å². The summed E-state index contributed by atoms with van der Waals surface area (Å²) >= 11 is 9.06. The molecule has 0 saturated heterocycles. The first-order valence-corrected chi connectivity index (χ1v) is 7.16. The van der Waals surface area contributed by atoms with Crippen LogP contribution in [-0.2, 0) is 6.54 Å².